The van der Waals surface area contributed by atoms with Gasteiger partial charge in [-0.15, -0.1) is 12.3 Å². The first-order chi connectivity index (χ1) is 13.1. The summed E-state index contributed by atoms with van der Waals surface area (Å²) < 4.78 is 12.8. The molecule has 8 heteroatoms. The molecule has 0 saturated heterocycles. The zero-order valence-electron chi connectivity index (χ0n) is 15.4. The highest BCUT2D eigenvalue weighted by atomic mass is 16.5. The number of nitrogens with two attached hydrogens (primary N) is 2. The predicted molar refractivity (Wildman–Crippen MR) is 105 cm³/mol. The summed E-state index contributed by atoms with van der Waals surface area (Å²) in [6.07, 6.45) is 7.33. The summed E-state index contributed by atoms with van der Waals surface area (Å²) in [6, 6.07) is 5.64. The van der Waals surface area contributed by atoms with Crippen molar-refractivity contribution in [2.75, 3.05) is 25.7 Å². The van der Waals surface area contributed by atoms with Gasteiger partial charge in [0.15, 0.2) is 17.0 Å². The third-order valence-electron chi connectivity index (χ3n) is 4.26. The topological polar surface area (TPSA) is 114 Å². The molecule has 0 bridgehead atoms. The van der Waals surface area contributed by atoms with Gasteiger partial charge in [-0.1, -0.05) is 0 Å². The van der Waals surface area contributed by atoms with Crippen molar-refractivity contribution in [2.45, 2.75) is 25.8 Å². The van der Waals surface area contributed by atoms with Crippen LogP contribution in [0, 0.1) is 12.3 Å². The van der Waals surface area contributed by atoms with Gasteiger partial charge >= 0.3 is 0 Å². The summed E-state index contributed by atoms with van der Waals surface area (Å²) in [5, 5.41) is 0. The molecule has 4 N–H and O–H groups in total. The maximum Gasteiger partial charge on any atom is 0.224 e. The SMILES string of the molecule is C#CCCCn1c(Cc2cc(OC)ccc2OC)nc2c(N)nc(N)nc21. The number of ether oxygens (including phenoxy) is 2. The van der Waals surface area contributed by atoms with E-state index in [9.17, 15) is 0 Å². The number of hydrogen-bond acceptors (Lipinski definition) is 7. The van der Waals surface area contributed by atoms with Crippen LogP contribution in [-0.2, 0) is 13.0 Å². The van der Waals surface area contributed by atoms with Crippen LogP contribution in [0.3, 0.4) is 0 Å². The summed E-state index contributed by atoms with van der Waals surface area (Å²) in [5.41, 5.74) is 13.9. The predicted octanol–water partition coefficient (Wildman–Crippen LogP) is 2.01. The Balaban J connectivity index is 2.09. The van der Waals surface area contributed by atoms with Crippen molar-refractivity contribution in [1.82, 2.24) is 19.5 Å². The zero-order valence-corrected chi connectivity index (χ0v) is 15.4. The van der Waals surface area contributed by atoms with Crippen molar-refractivity contribution >= 4 is 22.9 Å². The monoisotopic (exact) mass is 366 g/mol. The number of anilines is 2. The van der Waals surface area contributed by atoms with Crippen molar-refractivity contribution < 1.29 is 9.47 Å². The van der Waals surface area contributed by atoms with Gasteiger partial charge in [0.1, 0.15) is 17.3 Å². The molecule has 0 spiro atoms. The second kappa shape index (κ2) is 7.83. The maximum absolute atomic E-state index is 6.01. The highest BCUT2D eigenvalue weighted by Gasteiger charge is 2.18. The van der Waals surface area contributed by atoms with Crippen LogP contribution in [0.5, 0.6) is 11.5 Å². The van der Waals surface area contributed by atoms with Crippen LogP contribution in [0.15, 0.2) is 18.2 Å². The Morgan fingerprint density at radius 2 is 1.96 bits per heavy atom. The molecule has 1 aromatic carbocycles. The van der Waals surface area contributed by atoms with E-state index in [2.05, 4.69) is 20.9 Å². The normalized spacial score (nSPS) is 10.7. The van der Waals surface area contributed by atoms with Crippen LogP contribution in [0.2, 0.25) is 0 Å². The van der Waals surface area contributed by atoms with E-state index in [1.165, 1.54) is 0 Å². The van der Waals surface area contributed by atoms with Crippen molar-refractivity contribution in [3.05, 3.63) is 29.6 Å². The van der Waals surface area contributed by atoms with Gasteiger partial charge in [-0.3, -0.25) is 0 Å². The fourth-order valence-electron chi connectivity index (χ4n) is 2.98. The molecule has 0 radical (unpaired) electrons. The molecule has 0 unspecified atom stereocenters. The second-order valence-corrected chi connectivity index (χ2v) is 5.98. The molecule has 0 amide bonds. The van der Waals surface area contributed by atoms with E-state index in [1.807, 2.05) is 22.8 Å². The molecule has 2 aromatic heterocycles. The van der Waals surface area contributed by atoms with Crippen LogP contribution in [-0.4, -0.2) is 33.7 Å². The minimum Gasteiger partial charge on any atom is -0.497 e. The lowest BCUT2D eigenvalue weighted by molar-refractivity contribution is 0.399. The lowest BCUT2D eigenvalue weighted by atomic mass is 10.1. The summed E-state index contributed by atoms with van der Waals surface area (Å²) in [5.74, 6) is 5.29. The Morgan fingerprint density at radius 3 is 2.67 bits per heavy atom. The van der Waals surface area contributed by atoms with Crippen LogP contribution in [0.4, 0.5) is 11.8 Å². The first-order valence-electron chi connectivity index (χ1n) is 8.49. The van der Waals surface area contributed by atoms with Gasteiger partial charge in [0.05, 0.1) is 14.2 Å². The minimum atomic E-state index is 0.114. The lowest BCUT2D eigenvalue weighted by Crippen LogP contribution is -2.07. The third-order valence-corrected chi connectivity index (χ3v) is 4.26. The first kappa shape index (κ1) is 18.3. The van der Waals surface area contributed by atoms with Gasteiger partial charge in [0.2, 0.25) is 5.95 Å². The largest absolute Gasteiger partial charge is 0.497 e. The Morgan fingerprint density at radius 1 is 1.15 bits per heavy atom. The number of fused-ring (bicyclic) bond motifs is 1. The number of nitrogens with zero attached hydrogens (tertiary/aromatic N) is 4. The number of hydrogen-bond donors (Lipinski definition) is 2. The lowest BCUT2D eigenvalue weighted by Gasteiger charge is -2.12. The van der Waals surface area contributed by atoms with Gasteiger partial charge in [0, 0.05) is 24.9 Å². The average Bonchev–Trinajstić information content (AvgIpc) is 2.99. The molecule has 140 valence electrons. The van der Waals surface area contributed by atoms with E-state index in [0.29, 0.717) is 30.6 Å². The molecule has 0 saturated carbocycles. The van der Waals surface area contributed by atoms with Crippen molar-refractivity contribution in [2.24, 2.45) is 0 Å². The first-order valence-corrected chi connectivity index (χ1v) is 8.49. The zero-order chi connectivity index (χ0) is 19.4. The van der Waals surface area contributed by atoms with Crippen LogP contribution < -0.4 is 20.9 Å². The quantitative estimate of drug-likeness (QED) is 0.485. The average molecular weight is 366 g/mol. The second-order valence-electron chi connectivity index (χ2n) is 5.98. The van der Waals surface area contributed by atoms with Gasteiger partial charge in [0.25, 0.3) is 0 Å². The molecular formula is C19H22N6O2. The van der Waals surface area contributed by atoms with Gasteiger partial charge in [-0.2, -0.15) is 9.97 Å². The molecule has 0 aliphatic heterocycles. The van der Waals surface area contributed by atoms with E-state index in [-0.39, 0.29) is 11.8 Å². The number of terminal acetylenes is 1. The molecule has 0 fully saturated rings. The van der Waals surface area contributed by atoms with E-state index >= 15 is 0 Å². The highest BCUT2D eigenvalue weighted by molar-refractivity contribution is 5.83. The Hall–Kier alpha value is -3.47. The van der Waals surface area contributed by atoms with E-state index in [1.54, 1.807) is 14.2 Å². The van der Waals surface area contributed by atoms with Crippen molar-refractivity contribution in [3.63, 3.8) is 0 Å². The minimum absolute atomic E-state index is 0.114. The number of aryl methyl sites for hydroxylation is 1. The third kappa shape index (κ3) is 3.72. The number of imidazole rings is 1. The smallest absolute Gasteiger partial charge is 0.224 e. The number of benzene rings is 1. The molecular weight excluding hydrogens is 344 g/mol. The molecule has 3 rings (SSSR count). The van der Waals surface area contributed by atoms with Gasteiger partial charge in [-0.25, -0.2) is 4.98 Å². The van der Waals surface area contributed by atoms with E-state index in [4.69, 9.17) is 27.4 Å². The highest BCUT2D eigenvalue weighted by Crippen LogP contribution is 2.28. The van der Waals surface area contributed by atoms with E-state index in [0.717, 1.165) is 29.3 Å². The maximum atomic E-state index is 6.01. The van der Waals surface area contributed by atoms with Crippen molar-refractivity contribution in [3.8, 4) is 23.8 Å². The fraction of sp³-hybridized carbons (Fsp3) is 0.316. The van der Waals surface area contributed by atoms with Crippen LogP contribution >= 0.6 is 0 Å². The van der Waals surface area contributed by atoms with E-state index < -0.39 is 0 Å². The number of rotatable bonds is 7. The molecule has 8 nitrogen and oxygen atoms in total. The Kier molecular flexibility index (Phi) is 5.31. The summed E-state index contributed by atoms with van der Waals surface area (Å²) >= 11 is 0. The van der Waals surface area contributed by atoms with Crippen LogP contribution in [0.25, 0.3) is 11.2 Å². The molecule has 27 heavy (non-hydrogen) atoms. The molecule has 0 aliphatic rings. The molecule has 0 aliphatic carbocycles. The molecule has 2 heterocycles. The standard InChI is InChI=1S/C19H22N6O2/c1-4-5-6-9-25-15(22-16-17(20)23-19(21)24-18(16)25)11-12-10-13(26-2)7-8-14(12)27-3/h1,7-8,10H,5-6,9,11H2,2-3H3,(H4,20,21,23,24). The summed E-state index contributed by atoms with van der Waals surface area (Å²) in [4.78, 5) is 13.0. The van der Waals surface area contributed by atoms with Gasteiger partial charge < -0.3 is 25.5 Å². The number of nitrogen functional groups attached to an aromatic ring is 2. The summed E-state index contributed by atoms with van der Waals surface area (Å²) in [6.45, 7) is 0.651. The summed E-state index contributed by atoms with van der Waals surface area (Å²) in [7, 11) is 3.26. The number of methoxy groups -OCH3 is 2. The molecule has 0 atom stereocenters. The fourth-order valence-corrected chi connectivity index (χ4v) is 2.98. The Labute approximate surface area is 157 Å². The van der Waals surface area contributed by atoms with Crippen molar-refractivity contribution in [1.29, 1.82) is 0 Å². The Bertz CT molecular complexity index is 1010. The number of unbranched alkanes of at least 4 members (excludes halogenated alkanes) is 1. The number of aromatic nitrogens is 4. The van der Waals surface area contributed by atoms with Gasteiger partial charge in [-0.05, 0) is 24.6 Å². The molecule has 3 aromatic rings. The van der Waals surface area contributed by atoms with Crippen LogP contribution in [0.1, 0.15) is 24.2 Å².